The molecule has 5 nitrogen and oxygen atoms in total. The Morgan fingerprint density at radius 2 is 1.68 bits per heavy atom. The number of likely N-dealkylation sites (tertiary alicyclic amines) is 1. The molecule has 3 rings (SSSR count). The Bertz CT molecular complexity index is 819. The Balaban J connectivity index is 1.38. The molecule has 0 unspecified atom stereocenters. The average Bonchev–Trinajstić information content (AvgIpc) is 2.70. The lowest BCUT2D eigenvalue weighted by Crippen LogP contribution is -2.41. The van der Waals surface area contributed by atoms with Gasteiger partial charge in [-0.2, -0.15) is 0 Å². The SMILES string of the molecule is O=C(NCCC1CCN(C(=O)Nc2ccc(F)cc2)CC1)c1ccccc1F. The second-order valence-electron chi connectivity index (χ2n) is 6.89. The first-order valence-electron chi connectivity index (χ1n) is 9.37. The highest BCUT2D eigenvalue weighted by atomic mass is 19.1. The lowest BCUT2D eigenvalue weighted by atomic mass is 9.93. The number of halogens is 2. The van der Waals surface area contributed by atoms with E-state index in [0.29, 0.717) is 31.2 Å². The molecule has 2 aromatic rings. The normalized spacial score (nSPS) is 14.6. The second-order valence-corrected chi connectivity index (χ2v) is 6.89. The lowest BCUT2D eigenvalue weighted by molar-refractivity contribution is 0.0945. The number of rotatable bonds is 5. The Kier molecular flexibility index (Phi) is 6.57. The van der Waals surface area contributed by atoms with E-state index in [0.717, 1.165) is 19.3 Å². The van der Waals surface area contributed by atoms with Crippen LogP contribution >= 0.6 is 0 Å². The number of piperidine rings is 1. The Hall–Kier alpha value is -2.96. The van der Waals surface area contributed by atoms with Crippen LogP contribution in [-0.4, -0.2) is 36.5 Å². The molecule has 1 heterocycles. The number of anilines is 1. The van der Waals surface area contributed by atoms with Crippen LogP contribution in [0.1, 0.15) is 29.6 Å². The van der Waals surface area contributed by atoms with Crippen molar-refractivity contribution >= 4 is 17.6 Å². The summed E-state index contributed by atoms with van der Waals surface area (Å²) >= 11 is 0. The highest BCUT2D eigenvalue weighted by Gasteiger charge is 2.23. The first-order valence-corrected chi connectivity index (χ1v) is 9.37. The van der Waals surface area contributed by atoms with Crippen molar-refractivity contribution in [3.63, 3.8) is 0 Å². The van der Waals surface area contributed by atoms with E-state index in [4.69, 9.17) is 0 Å². The van der Waals surface area contributed by atoms with Crippen molar-refractivity contribution in [3.05, 3.63) is 65.7 Å². The predicted molar refractivity (Wildman–Crippen MR) is 103 cm³/mol. The van der Waals surface area contributed by atoms with E-state index < -0.39 is 11.7 Å². The molecule has 0 aromatic heterocycles. The van der Waals surface area contributed by atoms with Gasteiger partial charge in [-0.05, 0) is 61.6 Å². The summed E-state index contributed by atoms with van der Waals surface area (Å²) in [5.74, 6) is -0.883. The third-order valence-electron chi connectivity index (χ3n) is 4.95. The van der Waals surface area contributed by atoms with Crippen LogP contribution in [0.25, 0.3) is 0 Å². The van der Waals surface area contributed by atoms with Crippen LogP contribution in [0.5, 0.6) is 0 Å². The molecule has 7 heteroatoms. The smallest absolute Gasteiger partial charge is 0.321 e. The number of benzene rings is 2. The van der Waals surface area contributed by atoms with Gasteiger partial charge in [-0.15, -0.1) is 0 Å². The summed E-state index contributed by atoms with van der Waals surface area (Å²) in [5, 5.41) is 5.52. The number of hydrogen-bond donors (Lipinski definition) is 2. The number of nitrogens with zero attached hydrogens (tertiary/aromatic N) is 1. The van der Waals surface area contributed by atoms with Gasteiger partial charge in [-0.3, -0.25) is 4.79 Å². The van der Waals surface area contributed by atoms with Crippen LogP contribution in [0.3, 0.4) is 0 Å². The summed E-state index contributed by atoms with van der Waals surface area (Å²) in [4.78, 5) is 26.0. The van der Waals surface area contributed by atoms with Gasteiger partial charge in [0.05, 0.1) is 5.56 Å². The third kappa shape index (κ3) is 5.28. The van der Waals surface area contributed by atoms with Crippen molar-refractivity contribution in [3.8, 4) is 0 Å². The molecule has 3 amide bonds. The van der Waals surface area contributed by atoms with E-state index >= 15 is 0 Å². The van der Waals surface area contributed by atoms with Crippen LogP contribution in [0.15, 0.2) is 48.5 Å². The highest BCUT2D eigenvalue weighted by Crippen LogP contribution is 2.21. The van der Waals surface area contributed by atoms with E-state index in [-0.39, 0.29) is 17.4 Å². The maximum atomic E-state index is 13.6. The second kappa shape index (κ2) is 9.30. The van der Waals surface area contributed by atoms with Gasteiger partial charge >= 0.3 is 6.03 Å². The van der Waals surface area contributed by atoms with Gasteiger partial charge in [-0.1, -0.05) is 12.1 Å². The zero-order valence-corrected chi connectivity index (χ0v) is 15.5. The minimum atomic E-state index is -0.527. The molecule has 28 heavy (non-hydrogen) atoms. The first-order chi connectivity index (χ1) is 13.5. The van der Waals surface area contributed by atoms with Gasteiger partial charge < -0.3 is 15.5 Å². The van der Waals surface area contributed by atoms with Crippen LogP contribution in [0, 0.1) is 17.6 Å². The molecule has 0 radical (unpaired) electrons. The van der Waals surface area contributed by atoms with E-state index in [1.165, 1.54) is 36.4 Å². The minimum absolute atomic E-state index is 0.0507. The number of nitrogens with one attached hydrogen (secondary N) is 2. The molecule has 1 fully saturated rings. The predicted octanol–water partition coefficient (Wildman–Crippen LogP) is 4.03. The monoisotopic (exact) mass is 387 g/mol. The van der Waals surface area contributed by atoms with Gasteiger partial charge in [0, 0.05) is 25.3 Å². The van der Waals surface area contributed by atoms with Crippen molar-refractivity contribution in [2.45, 2.75) is 19.3 Å². The van der Waals surface area contributed by atoms with Crippen molar-refractivity contribution in [1.82, 2.24) is 10.2 Å². The fourth-order valence-electron chi connectivity index (χ4n) is 3.29. The maximum absolute atomic E-state index is 13.6. The lowest BCUT2D eigenvalue weighted by Gasteiger charge is -2.32. The molecular weight excluding hydrogens is 364 g/mol. The standard InChI is InChI=1S/C21H23F2N3O2/c22-16-5-7-17(8-6-16)25-21(28)26-13-10-15(11-14-26)9-12-24-20(27)18-3-1-2-4-19(18)23/h1-8,15H,9-14H2,(H,24,27)(H,25,28). The molecule has 1 aliphatic heterocycles. The number of carbonyl (C=O) groups excluding carboxylic acids is 2. The summed E-state index contributed by atoms with van der Waals surface area (Å²) in [7, 11) is 0. The molecule has 0 bridgehead atoms. The Morgan fingerprint density at radius 3 is 2.36 bits per heavy atom. The molecular formula is C21H23F2N3O2. The van der Waals surface area contributed by atoms with Gasteiger partial charge in [0.2, 0.25) is 0 Å². The molecule has 2 aromatic carbocycles. The first kappa shape index (κ1) is 19.8. The van der Waals surface area contributed by atoms with Crippen molar-refractivity contribution in [1.29, 1.82) is 0 Å². The Morgan fingerprint density at radius 1 is 1.00 bits per heavy atom. The quantitative estimate of drug-likeness (QED) is 0.814. The molecule has 2 N–H and O–H groups in total. The van der Waals surface area contributed by atoms with Gasteiger partial charge in [0.1, 0.15) is 11.6 Å². The van der Waals surface area contributed by atoms with Crippen molar-refractivity contribution in [2.75, 3.05) is 25.0 Å². The van der Waals surface area contributed by atoms with E-state index in [2.05, 4.69) is 10.6 Å². The molecule has 0 aliphatic carbocycles. The molecule has 148 valence electrons. The molecule has 0 saturated carbocycles. The van der Waals surface area contributed by atoms with Gasteiger partial charge in [-0.25, -0.2) is 13.6 Å². The van der Waals surface area contributed by atoms with Crippen LogP contribution in [-0.2, 0) is 0 Å². The summed E-state index contributed by atoms with van der Waals surface area (Å²) < 4.78 is 26.5. The maximum Gasteiger partial charge on any atom is 0.321 e. The molecule has 1 saturated heterocycles. The van der Waals surface area contributed by atoms with Gasteiger partial charge in [0.15, 0.2) is 0 Å². The zero-order chi connectivity index (χ0) is 19.9. The minimum Gasteiger partial charge on any atom is -0.352 e. The molecule has 1 aliphatic rings. The largest absolute Gasteiger partial charge is 0.352 e. The average molecular weight is 387 g/mol. The summed E-state index contributed by atoms with van der Waals surface area (Å²) in [6, 6.07) is 11.4. The topological polar surface area (TPSA) is 61.4 Å². The summed E-state index contributed by atoms with van der Waals surface area (Å²) in [6.45, 7) is 1.72. The fourth-order valence-corrected chi connectivity index (χ4v) is 3.29. The number of carbonyl (C=O) groups is 2. The van der Waals surface area contributed by atoms with Crippen molar-refractivity contribution in [2.24, 2.45) is 5.92 Å². The Labute approximate surface area is 162 Å². The van der Waals surface area contributed by atoms with E-state index in [9.17, 15) is 18.4 Å². The van der Waals surface area contributed by atoms with Crippen LogP contribution < -0.4 is 10.6 Å². The zero-order valence-electron chi connectivity index (χ0n) is 15.5. The van der Waals surface area contributed by atoms with E-state index in [1.54, 1.807) is 17.0 Å². The number of amides is 3. The summed E-state index contributed by atoms with van der Waals surface area (Å²) in [6.07, 6.45) is 2.46. The number of hydrogen-bond acceptors (Lipinski definition) is 2. The van der Waals surface area contributed by atoms with Gasteiger partial charge in [0.25, 0.3) is 5.91 Å². The third-order valence-corrected chi connectivity index (χ3v) is 4.95. The highest BCUT2D eigenvalue weighted by molar-refractivity contribution is 5.94. The fraction of sp³-hybridized carbons (Fsp3) is 0.333. The number of urea groups is 1. The summed E-state index contributed by atoms with van der Waals surface area (Å²) in [5.41, 5.74) is 0.610. The van der Waals surface area contributed by atoms with E-state index in [1.807, 2.05) is 0 Å². The molecule has 0 spiro atoms. The van der Waals surface area contributed by atoms with Crippen molar-refractivity contribution < 1.29 is 18.4 Å². The van der Waals surface area contributed by atoms with Crippen LogP contribution in [0.2, 0.25) is 0 Å². The molecule has 0 atom stereocenters. The van der Waals surface area contributed by atoms with Crippen LogP contribution in [0.4, 0.5) is 19.3 Å².